The van der Waals surface area contributed by atoms with Crippen LogP contribution in [-0.4, -0.2) is 49.7 Å². The monoisotopic (exact) mass is 348 g/mol. The lowest BCUT2D eigenvalue weighted by atomic mass is 9.96. The highest BCUT2D eigenvalue weighted by atomic mass is 32.1. The zero-order valence-corrected chi connectivity index (χ0v) is 14.5. The van der Waals surface area contributed by atoms with Crippen molar-refractivity contribution in [1.82, 2.24) is 19.7 Å². The Balaban J connectivity index is 1.76. The molecule has 2 aromatic heterocycles. The average molecular weight is 348 g/mol. The van der Waals surface area contributed by atoms with Gasteiger partial charge in [-0.3, -0.25) is 4.79 Å². The number of rotatable bonds is 4. The molecular formula is C16H20N4O3S. The fraction of sp³-hybridized carbons (Fsp3) is 0.500. The fourth-order valence-electron chi connectivity index (χ4n) is 3.06. The van der Waals surface area contributed by atoms with E-state index in [1.54, 1.807) is 16.6 Å². The summed E-state index contributed by atoms with van der Waals surface area (Å²) in [7, 11) is 0. The fourth-order valence-corrected chi connectivity index (χ4v) is 3.78. The summed E-state index contributed by atoms with van der Waals surface area (Å²) >= 11 is 1.08. The van der Waals surface area contributed by atoms with Gasteiger partial charge in [-0.25, -0.2) is 4.79 Å². The highest BCUT2D eigenvalue weighted by molar-refractivity contribution is 7.12. The molecule has 128 valence electrons. The van der Waals surface area contributed by atoms with E-state index in [0.29, 0.717) is 18.7 Å². The van der Waals surface area contributed by atoms with E-state index in [1.165, 1.54) is 6.07 Å². The maximum absolute atomic E-state index is 12.7. The number of carboxylic acid groups (broad SMARTS) is 1. The summed E-state index contributed by atoms with van der Waals surface area (Å²) in [6.45, 7) is 5.43. The molecule has 1 unspecified atom stereocenters. The van der Waals surface area contributed by atoms with Gasteiger partial charge in [-0.15, -0.1) is 21.5 Å². The Morgan fingerprint density at radius 2 is 2.21 bits per heavy atom. The molecule has 7 nitrogen and oxygen atoms in total. The van der Waals surface area contributed by atoms with Crippen molar-refractivity contribution in [2.75, 3.05) is 13.1 Å². The number of carboxylic acids is 1. The topological polar surface area (TPSA) is 88.3 Å². The first kappa shape index (κ1) is 16.6. The van der Waals surface area contributed by atoms with Gasteiger partial charge in [-0.1, -0.05) is 0 Å². The second-order valence-electron chi connectivity index (χ2n) is 6.29. The molecule has 0 aromatic carbocycles. The summed E-state index contributed by atoms with van der Waals surface area (Å²) in [5.74, 6) is -0.0381. The van der Waals surface area contributed by atoms with Crippen molar-refractivity contribution in [3.05, 3.63) is 34.0 Å². The van der Waals surface area contributed by atoms with Gasteiger partial charge in [0.25, 0.3) is 5.91 Å². The van der Waals surface area contributed by atoms with Gasteiger partial charge in [0.2, 0.25) is 0 Å². The first-order chi connectivity index (χ1) is 11.5. The Morgan fingerprint density at radius 1 is 1.42 bits per heavy atom. The van der Waals surface area contributed by atoms with Crippen LogP contribution in [0.3, 0.4) is 0 Å². The molecule has 1 amide bonds. The van der Waals surface area contributed by atoms with Crippen LogP contribution in [-0.2, 0) is 0 Å². The van der Waals surface area contributed by atoms with Gasteiger partial charge in [-0.2, -0.15) is 0 Å². The van der Waals surface area contributed by atoms with E-state index in [-0.39, 0.29) is 22.7 Å². The van der Waals surface area contributed by atoms with E-state index in [2.05, 4.69) is 24.0 Å². The van der Waals surface area contributed by atoms with Gasteiger partial charge >= 0.3 is 5.97 Å². The van der Waals surface area contributed by atoms with Gasteiger partial charge in [0.05, 0.1) is 5.56 Å². The van der Waals surface area contributed by atoms with Crippen molar-refractivity contribution in [3.63, 3.8) is 0 Å². The van der Waals surface area contributed by atoms with Crippen molar-refractivity contribution >= 4 is 23.2 Å². The minimum absolute atomic E-state index is 0.112. The number of carbonyl (C=O) groups excluding carboxylic acids is 1. The van der Waals surface area contributed by atoms with Crippen LogP contribution in [0.5, 0.6) is 0 Å². The van der Waals surface area contributed by atoms with E-state index >= 15 is 0 Å². The number of nitrogens with zero attached hydrogens (tertiary/aromatic N) is 4. The maximum Gasteiger partial charge on any atom is 0.345 e. The third-order valence-corrected chi connectivity index (χ3v) is 5.21. The van der Waals surface area contributed by atoms with E-state index in [1.807, 2.05) is 4.57 Å². The molecule has 1 N–H and O–H groups in total. The minimum Gasteiger partial charge on any atom is -0.477 e. The number of hydrogen-bond donors (Lipinski definition) is 1. The van der Waals surface area contributed by atoms with Gasteiger partial charge in [0.1, 0.15) is 17.0 Å². The second-order valence-corrected chi connectivity index (χ2v) is 7.20. The van der Waals surface area contributed by atoms with Crippen molar-refractivity contribution in [2.24, 2.45) is 0 Å². The Morgan fingerprint density at radius 3 is 2.88 bits per heavy atom. The van der Waals surface area contributed by atoms with Crippen LogP contribution in [0.25, 0.3) is 0 Å². The average Bonchev–Trinajstić information content (AvgIpc) is 3.23. The third-order valence-electron chi connectivity index (χ3n) is 4.29. The Bertz CT molecular complexity index is 752. The predicted molar refractivity (Wildman–Crippen MR) is 89.6 cm³/mol. The predicted octanol–water partition coefficient (Wildman–Crippen LogP) is 2.64. The molecule has 1 fully saturated rings. The summed E-state index contributed by atoms with van der Waals surface area (Å²) in [5.41, 5.74) is 0.448. The molecule has 0 saturated carbocycles. The maximum atomic E-state index is 12.7. The number of carbonyl (C=O) groups is 2. The first-order valence-corrected chi connectivity index (χ1v) is 8.86. The third kappa shape index (κ3) is 3.19. The van der Waals surface area contributed by atoms with Crippen molar-refractivity contribution in [2.45, 2.75) is 38.6 Å². The van der Waals surface area contributed by atoms with Crippen molar-refractivity contribution in [1.29, 1.82) is 0 Å². The van der Waals surface area contributed by atoms with Crippen LogP contribution < -0.4 is 0 Å². The van der Waals surface area contributed by atoms with E-state index < -0.39 is 5.97 Å². The van der Waals surface area contributed by atoms with Crippen LogP contribution in [0, 0.1) is 0 Å². The van der Waals surface area contributed by atoms with Crippen LogP contribution in [0.1, 0.15) is 64.5 Å². The minimum atomic E-state index is -0.999. The standard InChI is InChI=1S/C16H20N4O3S/c1-10(2)20-9-17-18-14(20)11-4-3-5-19(7-11)15(21)12-6-13(16(22)23)24-8-12/h6,8-11H,3-5,7H2,1-2H3,(H,22,23). The molecule has 1 aliphatic heterocycles. The van der Waals surface area contributed by atoms with Crippen LogP contribution in [0.15, 0.2) is 17.8 Å². The quantitative estimate of drug-likeness (QED) is 0.917. The molecule has 1 saturated heterocycles. The van der Waals surface area contributed by atoms with Crippen LogP contribution in [0.4, 0.5) is 0 Å². The molecule has 0 aliphatic carbocycles. The number of aromatic carboxylic acids is 1. The van der Waals surface area contributed by atoms with Gasteiger partial charge < -0.3 is 14.6 Å². The number of piperidine rings is 1. The molecular weight excluding hydrogens is 328 g/mol. The lowest BCUT2D eigenvalue weighted by molar-refractivity contribution is 0.0701. The second kappa shape index (κ2) is 6.72. The van der Waals surface area contributed by atoms with E-state index in [9.17, 15) is 9.59 Å². The molecule has 0 bridgehead atoms. The number of aromatic nitrogens is 3. The van der Waals surface area contributed by atoms with Crippen LogP contribution >= 0.6 is 11.3 Å². The molecule has 1 aliphatic rings. The summed E-state index contributed by atoms with van der Waals surface area (Å²) in [5, 5.41) is 18.9. The number of thiophene rings is 1. The summed E-state index contributed by atoms with van der Waals surface area (Å²) in [6, 6.07) is 1.73. The lowest BCUT2D eigenvalue weighted by Crippen LogP contribution is -2.39. The largest absolute Gasteiger partial charge is 0.477 e. The summed E-state index contributed by atoms with van der Waals surface area (Å²) < 4.78 is 2.05. The summed E-state index contributed by atoms with van der Waals surface area (Å²) in [4.78, 5) is 25.6. The number of likely N-dealkylation sites (tertiary alicyclic amines) is 1. The molecule has 0 spiro atoms. The molecule has 1 atom stereocenters. The highest BCUT2D eigenvalue weighted by Gasteiger charge is 2.29. The van der Waals surface area contributed by atoms with Crippen molar-refractivity contribution < 1.29 is 14.7 Å². The molecule has 3 heterocycles. The van der Waals surface area contributed by atoms with Gasteiger partial charge in [0, 0.05) is 30.4 Å². The number of hydrogen-bond acceptors (Lipinski definition) is 5. The SMILES string of the molecule is CC(C)n1cnnc1C1CCCN(C(=O)c2csc(C(=O)O)c2)C1. The van der Waals surface area contributed by atoms with Gasteiger partial charge in [0.15, 0.2) is 0 Å². The molecule has 0 radical (unpaired) electrons. The number of amides is 1. The molecule has 24 heavy (non-hydrogen) atoms. The Labute approximate surface area is 143 Å². The normalized spacial score (nSPS) is 18.1. The smallest absolute Gasteiger partial charge is 0.345 e. The molecule has 8 heteroatoms. The summed E-state index contributed by atoms with van der Waals surface area (Å²) in [6.07, 6.45) is 3.61. The van der Waals surface area contributed by atoms with Crippen molar-refractivity contribution in [3.8, 4) is 0 Å². The molecule has 2 aromatic rings. The lowest BCUT2D eigenvalue weighted by Gasteiger charge is -2.32. The molecule has 3 rings (SSSR count). The zero-order valence-electron chi connectivity index (χ0n) is 13.7. The highest BCUT2D eigenvalue weighted by Crippen LogP contribution is 2.28. The Hall–Kier alpha value is -2.22. The Kier molecular flexibility index (Phi) is 4.66. The van der Waals surface area contributed by atoms with Crippen LogP contribution in [0.2, 0.25) is 0 Å². The first-order valence-electron chi connectivity index (χ1n) is 7.98. The van der Waals surface area contributed by atoms with E-state index in [0.717, 1.165) is 30.0 Å². The van der Waals surface area contributed by atoms with E-state index in [4.69, 9.17) is 5.11 Å². The zero-order chi connectivity index (χ0) is 17.3. The van der Waals surface area contributed by atoms with Gasteiger partial charge in [-0.05, 0) is 32.8 Å².